The molecular formula is C87H158Cl2O11. The lowest BCUT2D eigenvalue weighted by atomic mass is 9.97. The highest BCUT2D eigenvalue weighted by atomic mass is 35.5. The fourth-order valence-corrected chi connectivity index (χ4v) is 8.35. The molecule has 0 heterocycles. The number of hydrogen-bond acceptors (Lipinski definition) is 11. The Morgan fingerprint density at radius 2 is 0.580 bits per heavy atom. The molecule has 586 valence electrons. The van der Waals surface area contributed by atoms with Crippen molar-refractivity contribution in [1.82, 2.24) is 0 Å². The lowest BCUT2D eigenvalue weighted by Crippen LogP contribution is -1.92. The van der Waals surface area contributed by atoms with Gasteiger partial charge < -0.3 is 55.4 Å². The summed E-state index contributed by atoms with van der Waals surface area (Å²) < 4.78 is 9.99. The molecule has 7 unspecified atom stereocenters. The second-order valence-corrected chi connectivity index (χ2v) is 22.8. The van der Waals surface area contributed by atoms with Crippen LogP contribution in [0.3, 0.4) is 0 Å². The molecule has 0 saturated carbocycles. The third kappa shape index (κ3) is 43.6. The van der Waals surface area contributed by atoms with Crippen molar-refractivity contribution in [2.45, 2.75) is 294 Å². The van der Waals surface area contributed by atoms with Gasteiger partial charge in [-0.3, -0.25) is 0 Å². The van der Waals surface area contributed by atoms with Gasteiger partial charge in [-0.25, -0.2) is 0 Å². The van der Waals surface area contributed by atoms with E-state index in [1.54, 1.807) is 68.8 Å². The van der Waals surface area contributed by atoms with E-state index in [0.29, 0.717) is 68.7 Å². The summed E-state index contributed by atoms with van der Waals surface area (Å²) in [4.78, 5) is 0. The van der Waals surface area contributed by atoms with Crippen LogP contribution in [-0.2, 0) is 0 Å². The van der Waals surface area contributed by atoms with Crippen molar-refractivity contribution in [3.05, 3.63) is 182 Å². The summed E-state index contributed by atoms with van der Waals surface area (Å²) in [5, 5.41) is 84.4. The average Bonchev–Trinajstić information content (AvgIpc) is 0.950. The van der Waals surface area contributed by atoms with Gasteiger partial charge in [-0.1, -0.05) is 273 Å². The maximum atomic E-state index is 9.51. The summed E-state index contributed by atoms with van der Waals surface area (Å²) in [6.07, 6.45) is 7.45. The van der Waals surface area contributed by atoms with E-state index in [2.05, 4.69) is 96.1 Å². The molecule has 0 saturated heterocycles. The molecule has 100 heavy (non-hydrogen) atoms. The van der Waals surface area contributed by atoms with Gasteiger partial charge in [0, 0.05) is 6.07 Å². The van der Waals surface area contributed by atoms with Gasteiger partial charge in [-0.15, -0.1) is 0 Å². The van der Waals surface area contributed by atoms with Crippen molar-refractivity contribution < 1.29 is 55.4 Å². The summed E-state index contributed by atoms with van der Waals surface area (Å²) in [5.41, 5.74) is 8.81. The van der Waals surface area contributed by atoms with Crippen molar-refractivity contribution >= 4 is 23.2 Å². The van der Waals surface area contributed by atoms with Crippen LogP contribution in [0.15, 0.2) is 127 Å². The van der Waals surface area contributed by atoms with E-state index >= 15 is 0 Å². The van der Waals surface area contributed by atoms with Crippen LogP contribution in [0.2, 0.25) is 10.0 Å². The van der Waals surface area contributed by atoms with Crippen molar-refractivity contribution in [1.29, 1.82) is 0 Å². The molecule has 0 aromatic heterocycles. The normalized spacial score (nSPS) is 11.0. The Bertz CT molecular complexity index is 2830. The molecule has 13 heteroatoms. The molecule has 0 radical (unpaired) electrons. The van der Waals surface area contributed by atoms with E-state index in [4.69, 9.17) is 48.0 Å². The van der Waals surface area contributed by atoms with Gasteiger partial charge in [-0.2, -0.15) is 0 Å². The molecule has 0 bridgehead atoms. The second kappa shape index (κ2) is 66.5. The maximum absolute atomic E-state index is 9.51. The van der Waals surface area contributed by atoms with Gasteiger partial charge in [0.2, 0.25) is 0 Å². The zero-order chi connectivity index (χ0) is 65.4. The SMILES string of the molecule is C.C.C.C.C.C.C.C.C.C.C.C.C.C.CCC(C)c1ccc(C)c(O)c1.CCC(C)c1ccc(Cl)c(O)c1.CCC(C)c1ccc(O)c(Cl)c1.CCC(C)c1ccc(O)c(O)c1.CCC(C)c1ccc(O)c(OC)c1.CCC(C)c1ccc(O)cc1O.CCC(C)c1ccc(OC)c(O)c1. The molecule has 0 aliphatic heterocycles. The van der Waals surface area contributed by atoms with Gasteiger partial charge in [0.15, 0.2) is 34.5 Å². The summed E-state index contributed by atoms with van der Waals surface area (Å²) in [6.45, 7) is 31.6. The molecule has 7 rings (SSSR count). The summed E-state index contributed by atoms with van der Waals surface area (Å²) in [5.74, 6) is 5.74. The van der Waals surface area contributed by atoms with Gasteiger partial charge in [0.25, 0.3) is 0 Å². The van der Waals surface area contributed by atoms with Crippen LogP contribution in [0.4, 0.5) is 0 Å². The number of phenols is 9. The van der Waals surface area contributed by atoms with Crippen LogP contribution in [0.25, 0.3) is 0 Å². The number of halogens is 2. The molecule has 7 aromatic carbocycles. The molecule has 0 spiro atoms. The first-order valence-corrected chi connectivity index (χ1v) is 30.9. The minimum Gasteiger partial charge on any atom is -0.508 e. The van der Waals surface area contributed by atoms with E-state index in [-0.39, 0.29) is 150 Å². The zero-order valence-corrected chi connectivity index (χ0v) is 55.7. The first-order chi connectivity index (χ1) is 40.6. The van der Waals surface area contributed by atoms with Crippen LogP contribution in [0.5, 0.6) is 63.2 Å². The van der Waals surface area contributed by atoms with Crippen molar-refractivity contribution in [3.63, 3.8) is 0 Å². The van der Waals surface area contributed by atoms with E-state index in [9.17, 15) is 30.6 Å². The van der Waals surface area contributed by atoms with Crippen LogP contribution < -0.4 is 9.47 Å². The molecule has 0 fully saturated rings. The van der Waals surface area contributed by atoms with Crippen LogP contribution in [0, 0.1) is 6.92 Å². The number of phenolic OH excluding ortho intramolecular Hbond substituents is 9. The Morgan fingerprint density at radius 1 is 0.270 bits per heavy atom. The first-order valence-electron chi connectivity index (χ1n) is 30.2. The third-order valence-electron chi connectivity index (χ3n) is 15.8. The number of hydrogen-bond donors (Lipinski definition) is 9. The number of methoxy groups -OCH3 is 2. The monoisotopic (exact) mass is 1450 g/mol. The number of ether oxygens (including phenoxy) is 2. The largest absolute Gasteiger partial charge is 0.508 e. The minimum absolute atomic E-state index is 0. The van der Waals surface area contributed by atoms with Crippen LogP contribution in [-0.4, -0.2) is 60.2 Å². The predicted octanol–water partition coefficient (Wildman–Crippen LogP) is 30.3. The fraction of sp³-hybridized carbons (Fsp3) is 0.517. The molecule has 7 atom stereocenters. The molecule has 7 aromatic rings. The topological polar surface area (TPSA) is 201 Å². The standard InChI is InChI=1S/2C11H16O2.C11H16O.2C10H13ClO.2C10H14O2.14CH4/c1-4-8(2)9-5-6-11(13-3)10(12)7-9;1-4-8(2)9-5-6-10(12)11(7-9)13-3;1-4-8(2)10-6-5-9(3)11(12)7-10;1-3-7(2)8-4-5-10(12)9(11)6-8;1-3-7(2)8-4-5-9(11)10(12)6-8;1-3-7(2)9-5-4-8(11)6-10(9)12;1-3-7(2)8-4-5-9(11)10(12)6-8;;;;;;;;;;;;;;/h2*5-8,12H,4H2,1-3H3;5-8,12H,4H2,1-3H3;2*4-7,12H,3H2,1-2H3;2*4-7,11-12H,3H2,1-2H3;14*1H4. The van der Waals surface area contributed by atoms with E-state index < -0.39 is 0 Å². The summed E-state index contributed by atoms with van der Waals surface area (Å²) in [6, 6.07) is 37.5. The Kier molecular flexibility index (Phi) is 83.8. The third-order valence-corrected chi connectivity index (χ3v) is 16.4. The van der Waals surface area contributed by atoms with E-state index in [1.165, 1.54) is 28.8 Å². The van der Waals surface area contributed by atoms with Crippen LogP contribution >= 0.6 is 23.2 Å². The summed E-state index contributed by atoms with van der Waals surface area (Å²) >= 11 is 11.4. The van der Waals surface area contributed by atoms with Gasteiger partial charge in [-0.05, 0) is 211 Å². The average molecular weight is 1450 g/mol. The highest BCUT2D eigenvalue weighted by molar-refractivity contribution is 6.32. The lowest BCUT2D eigenvalue weighted by molar-refractivity contribution is 0.372. The van der Waals surface area contributed by atoms with Gasteiger partial charge >= 0.3 is 0 Å². The van der Waals surface area contributed by atoms with Crippen molar-refractivity contribution in [2.75, 3.05) is 14.2 Å². The fourth-order valence-electron chi connectivity index (χ4n) is 8.04. The van der Waals surface area contributed by atoms with Crippen molar-refractivity contribution in [2.24, 2.45) is 0 Å². The predicted molar refractivity (Wildman–Crippen MR) is 453 cm³/mol. The van der Waals surface area contributed by atoms with Crippen LogP contribution in [0.1, 0.15) is 332 Å². The quantitative estimate of drug-likeness (QED) is 0.0417. The Labute approximate surface area is 628 Å². The van der Waals surface area contributed by atoms with Gasteiger partial charge in [0.1, 0.15) is 28.7 Å². The number of rotatable bonds is 16. The number of aromatic hydroxyl groups is 9. The molecule has 0 amide bonds. The summed E-state index contributed by atoms with van der Waals surface area (Å²) in [7, 11) is 3.12. The first kappa shape index (κ1) is 126. The molecule has 0 aliphatic carbocycles. The highest BCUT2D eigenvalue weighted by Crippen LogP contribution is 2.35. The Hall–Kier alpha value is -7.08. The zero-order valence-electron chi connectivity index (χ0n) is 54.2. The van der Waals surface area contributed by atoms with Gasteiger partial charge in [0.05, 0.1) is 24.3 Å². The molecule has 11 nitrogen and oxygen atoms in total. The number of benzene rings is 7. The van der Waals surface area contributed by atoms with E-state index in [1.807, 2.05) is 68.4 Å². The highest BCUT2D eigenvalue weighted by Gasteiger charge is 2.12. The Morgan fingerprint density at radius 3 is 0.910 bits per heavy atom. The minimum atomic E-state index is -0.0537. The number of aryl methyl sites for hydroxylation is 1. The van der Waals surface area contributed by atoms with Crippen molar-refractivity contribution in [3.8, 4) is 63.2 Å². The lowest BCUT2D eigenvalue weighted by Gasteiger charge is -2.11. The molecule has 0 aliphatic rings. The second-order valence-electron chi connectivity index (χ2n) is 22.0. The smallest absolute Gasteiger partial charge is 0.160 e. The Balaban J connectivity index is -0.0000000703. The molecule has 9 N–H and O–H groups in total. The molecular weight excluding hydrogens is 1290 g/mol. The van der Waals surface area contributed by atoms with E-state index in [0.717, 1.165) is 72.8 Å². The maximum Gasteiger partial charge on any atom is 0.160 e.